The zero-order valence-corrected chi connectivity index (χ0v) is 15.8. The molecule has 0 radical (unpaired) electrons. The molecule has 4 rings (SSSR count). The van der Waals surface area contributed by atoms with Gasteiger partial charge in [0, 0.05) is 23.6 Å². The minimum Gasteiger partial charge on any atom is -0.507 e. The zero-order chi connectivity index (χ0) is 21.4. The molecule has 2 heterocycles. The predicted molar refractivity (Wildman–Crippen MR) is 107 cm³/mol. The van der Waals surface area contributed by atoms with Crippen molar-refractivity contribution in [2.75, 3.05) is 4.90 Å². The average molecular weight is 406 g/mol. The molecule has 7 heteroatoms. The first-order chi connectivity index (χ1) is 14.4. The molecule has 0 spiro atoms. The van der Waals surface area contributed by atoms with E-state index >= 15 is 0 Å². The summed E-state index contributed by atoms with van der Waals surface area (Å²) in [6.45, 7) is 1.53. The summed E-state index contributed by atoms with van der Waals surface area (Å²) in [4.78, 5) is 31.1. The van der Waals surface area contributed by atoms with Crippen molar-refractivity contribution in [1.29, 1.82) is 0 Å². The van der Waals surface area contributed by atoms with Gasteiger partial charge in [0.15, 0.2) is 0 Å². The van der Waals surface area contributed by atoms with Crippen LogP contribution in [0.4, 0.5) is 14.5 Å². The number of aromatic nitrogens is 1. The highest BCUT2D eigenvalue weighted by Gasteiger charge is 2.47. The monoisotopic (exact) mass is 406 g/mol. The summed E-state index contributed by atoms with van der Waals surface area (Å²) in [7, 11) is 0. The van der Waals surface area contributed by atoms with E-state index in [0.717, 1.165) is 0 Å². The number of aryl methyl sites for hydroxylation is 1. The van der Waals surface area contributed by atoms with Crippen molar-refractivity contribution in [1.82, 2.24) is 4.98 Å². The molecule has 150 valence electrons. The van der Waals surface area contributed by atoms with E-state index < -0.39 is 35.1 Å². The van der Waals surface area contributed by atoms with E-state index in [1.807, 2.05) is 0 Å². The van der Waals surface area contributed by atoms with Crippen molar-refractivity contribution in [3.63, 3.8) is 0 Å². The largest absolute Gasteiger partial charge is 0.507 e. The van der Waals surface area contributed by atoms with E-state index in [9.17, 15) is 23.5 Å². The number of nitrogens with zero attached hydrogens (tertiary/aromatic N) is 2. The Labute approximate surface area is 170 Å². The molecule has 0 aliphatic carbocycles. The van der Waals surface area contributed by atoms with Crippen LogP contribution in [0.2, 0.25) is 0 Å². The maximum Gasteiger partial charge on any atom is 0.300 e. The van der Waals surface area contributed by atoms with Gasteiger partial charge in [-0.2, -0.15) is 0 Å². The normalized spacial score (nSPS) is 18.1. The summed E-state index contributed by atoms with van der Waals surface area (Å²) in [5, 5.41) is 10.9. The molecule has 1 unspecified atom stereocenters. The lowest BCUT2D eigenvalue weighted by Gasteiger charge is -2.25. The number of rotatable bonds is 3. The number of ketones is 1. The van der Waals surface area contributed by atoms with Crippen molar-refractivity contribution in [3.8, 4) is 0 Å². The fourth-order valence-electron chi connectivity index (χ4n) is 3.50. The molecule has 0 saturated carbocycles. The number of anilines is 1. The van der Waals surface area contributed by atoms with E-state index in [1.165, 1.54) is 66.7 Å². The Bertz CT molecular complexity index is 1170. The second kappa shape index (κ2) is 7.51. The Balaban J connectivity index is 1.94. The molecule has 1 aromatic heterocycles. The molecular weight excluding hydrogens is 390 g/mol. The van der Waals surface area contributed by atoms with E-state index in [0.29, 0.717) is 11.3 Å². The minimum absolute atomic E-state index is 0.150. The van der Waals surface area contributed by atoms with E-state index in [1.54, 1.807) is 12.1 Å². The molecule has 2 aromatic carbocycles. The van der Waals surface area contributed by atoms with Crippen LogP contribution in [0, 0.1) is 18.6 Å². The Morgan fingerprint density at radius 1 is 1.07 bits per heavy atom. The molecule has 30 heavy (non-hydrogen) atoms. The number of benzene rings is 2. The van der Waals surface area contributed by atoms with Gasteiger partial charge in [-0.05, 0) is 66.6 Å². The third kappa shape index (κ3) is 3.24. The number of aliphatic hydroxyl groups excluding tert-OH is 1. The topological polar surface area (TPSA) is 70.5 Å². The van der Waals surface area contributed by atoms with Gasteiger partial charge in [-0.15, -0.1) is 0 Å². The van der Waals surface area contributed by atoms with Crippen LogP contribution >= 0.6 is 0 Å². The van der Waals surface area contributed by atoms with Crippen LogP contribution in [0.3, 0.4) is 0 Å². The summed E-state index contributed by atoms with van der Waals surface area (Å²) in [5.74, 6) is -3.13. The standard InChI is InChI=1S/C23H16F2N2O3/c1-13-11-14(4-9-18(13)25)21(28)19-20(15-3-2-10-26-12-15)27(23(30)22(19)29)17-7-5-16(24)6-8-17/h2-12,20,28H,1H3/b21-19-. The van der Waals surface area contributed by atoms with Gasteiger partial charge < -0.3 is 5.11 Å². The molecule has 1 atom stereocenters. The Hall–Kier alpha value is -3.87. The lowest BCUT2D eigenvalue weighted by Crippen LogP contribution is -2.29. The van der Waals surface area contributed by atoms with Crippen molar-refractivity contribution >= 4 is 23.1 Å². The second-order valence-corrected chi connectivity index (χ2v) is 6.90. The number of pyridine rings is 1. The third-order valence-electron chi connectivity index (χ3n) is 4.98. The highest BCUT2D eigenvalue weighted by Crippen LogP contribution is 2.42. The van der Waals surface area contributed by atoms with Gasteiger partial charge >= 0.3 is 0 Å². The van der Waals surface area contributed by atoms with Gasteiger partial charge in [0.25, 0.3) is 11.7 Å². The van der Waals surface area contributed by atoms with Crippen LogP contribution < -0.4 is 4.90 Å². The first kappa shape index (κ1) is 19.4. The van der Waals surface area contributed by atoms with Gasteiger partial charge in [0.05, 0.1) is 11.6 Å². The molecule has 5 nitrogen and oxygen atoms in total. The summed E-state index contributed by atoms with van der Waals surface area (Å²) in [5.41, 5.74) is 1.12. The fraction of sp³-hybridized carbons (Fsp3) is 0.0870. The Morgan fingerprint density at radius 3 is 2.43 bits per heavy atom. The first-order valence-electron chi connectivity index (χ1n) is 9.11. The quantitative estimate of drug-likeness (QED) is 0.400. The number of carbonyl (C=O) groups excluding carboxylic acids is 2. The summed E-state index contributed by atoms with van der Waals surface area (Å²) >= 11 is 0. The number of hydrogen-bond donors (Lipinski definition) is 1. The zero-order valence-electron chi connectivity index (χ0n) is 15.8. The Kier molecular flexibility index (Phi) is 4.87. The molecular formula is C23H16F2N2O3. The molecule has 1 saturated heterocycles. The minimum atomic E-state index is -0.977. The number of carbonyl (C=O) groups is 2. The van der Waals surface area contributed by atoms with Gasteiger partial charge in [-0.25, -0.2) is 8.78 Å². The molecule has 1 fully saturated rings. The first-order valence-corrected chi connectivity index (χ1v) is 9.11. The van der Waals surface area contributed by atoms with Crippen molar-refractivity contribution in [2.45, 2.75) is 13.0 Å². The van der Waals surface area contributed by atoms with Gasteiger partial charge in [-0.3, -0.25) is 19.5 Å². The van der Waals surface area contributed by atoms with Gasteiger partial charge in [0.1, 0.15) is 17.4 Å². The van der Waals surface area contributed by atoms with Crippen LogP contribution in [0.1, 0.15) is 22.7 Å². The molecule has 1 aliphatic heterocycles. The van der Waals surface area contributed by atoms with Crippen LogP contribution in [0.15, 0.2) is 72.6 Å². The van der Waals surface area contributed by atoms with Gasteiger partial charge in [-0.1, -0.05) is 6.07 Å². The fourth-order valence-corrected chi connectivity index (χ4v) is 3.50. The lowest BCUT2D eigenvalue weighted by atomic mass is 9.95. The van der Waals surface area contributed by atoms with Crippen molar-refractivity contribution in [3.05, 3.63) is 101 Å². The van der Waals surface area contributed by atoms with Crippen molar-refractivity contribution < 1.29 is 23.5 Å². The molecule has 0 bridgehead atoms. The van der Waals surface area contributed by atoms with Crippen molar-refractivity contribution in [2.24, 2.45) is 0 Å². The van der Waals surface area contributed by atoms with E-state index in [2.05, 4.69) is 4.98 Å². The summed E-state index contributed by atoms with van der Waals surface area (Å²) < 4.78 is 27.1. The third-order valence-corrected chi connectivity index (χ3v) is 4.98. The summed E-state index contributed by atoms with van der Waals surface area (Å²) in [6.07, 6.45) is 3.02. The molecule has 3 aromatic rings. The lowest BCUT2D eigenvalue weighted by molar-refractivity contribution is -0.132. The maximum absolute atomic E-state index is 13.7. The SMILES string of the molecule is Cc1cc(/C(O)=C2/C(=O)C(=O)N(c3ccc(F)cc3)C2c2cccnc2)ccc1F. The number of aliphatic hydroxyl groups is 1. The highest BCUT2D eigenvalue weighted by molar-refractivity contribution is 6.51. The number of amides is 1. The summed E-state index contributed by atoms with van der Waals surface area (Å²) in [6, 6.07) is 11.4. The number of halogens is 2. The second-order valence-electron chi connectivity index (χ2n) is 6.90. The van der Waals surface area contributed by atoms with E-state index in [-0.39, 0.29) is 16.7 Å². The highest BCUT2D eigenvalue weighted by atomic mass is 19.1. The molecule has 1 amide bonds. The smallest absolute Gasteiger partial charge is 0.300 e. The maximum atomic E-state index is 13.7. The number of Topliss-reactive ketones (excluding diaryl/α,β-unsaturated/α-hetero) is 1. The number of hydrogen-bond acceptors (Lipinski definition) is 4. The van der Waals surface area contributed by atoms with Gasteiger partial charge in [0.2, 0.25) is 0 Å². The molecule has 1 aliphatic rings. The van der Waals surface area contributed by atoms with Crippen LogP contribution in [-0.2, 0) is 9.59 Å². The molecule has 1 N–H and O–H groups in total. The Morgan fingerprint density at radius 2 is 1.80 bits per heavy atom. The van der Waals surface area contributed by atoms with E-state index in [4.69, 9.17) is 0 Å². The predicted octanol–water partition coefficient (Wildman–Crippen LogP) is 4.29. The van der Waals surface area contributed by atoms with Crippen LogP contribution in [0.5, 0.6) is 0 Å². The van der Waals surface area contributed by atoms with Crippen LogP contribution in [0.25, 0.3) is 5.76 Å². The average Bonchev–Trinajstić information content (AvgIpc) is 3.02. The van der Waals surface area contributed by atoms with Crippen LogP contribution in [-0.4, -0.2) is 21.8 Å².